The zero-order valence-corrected chi connectivity index (χ0v) is 22.2. The third-order valence-corrected chi connectivity index (χ3v) is 5.75. The molecule has 32 heavy (non-hydrogen) atoms. The first-order valence-corrected chi connectivity index (χ1v) is 11.9. The minimum absolute atomic E-state index is 0. The normalized spacial score (nSPS) is 11.3. The largest absolute Gasteiger partial charge is 0.493 e. The molecule has 174 valence electrons. The SMILES string of the molecule is CCOc1c(CNCCCNc2cc(=O)c3ccccc3[nH]2)cc(I)cc1C(C)(C)C.Cl. The number of aromatic nitrogens is 1. The molecule has 5 nitrogen and oxygen atoms in total. The monoisotopic (exact) mass is 569 g/mol. The van der Waals surface area contributed by atoms with Gasteiger partial charge in [0.2, 0.25) is 0 Å². The van der Waals surface area contributed by atoms with Crippen molar-refractivity contribution in [2.45, 2.75) is 46.1 Å². The maximum Gasteiger partial charge on any atom is 0.191 e. The van der Waals surface area contributed by atoms with E-state index in [0.717, 1.165) is 43.1 Å². The maximum absolute atomic E-state index is 12.2. The van der Waals surface area contributed by atoms with Crippen LogP contribution < -0.4 is 20.8 Å². The molecule has 0 spiro atoms. The van der Waals surface area contributed by atoms with E-state index >= 15 is 0 Å². The molecule has 3 aromatic rings. The van der Waals surface area contributed by atoms with Gasteiger partial charge in [-0.3, -0.25) is 4.79 Å². The highest BCUT2D eigenvalue weighted by Crippen LogP contribution is 2.36. The third-order valence-electron chi connectivity index (χ3n) is 5.13. The van der Waals surface area contributed by atoms with Crippen LogP contribution in [0.3, 0.4) is 0 Å². The second-order valence-electron chi connectivity index (χ2n) is 8.67. The van der Waals surface area contributed by atoms with Crippen molar-refractivity contribution in [3.63, 3.8) is 0 Å². The van der Waals surface area contributed by atoms with E-state index in [-0.39, 0.29) is 23.3 Å². The fraction of sp³-hybridized carbons (Fsp3) is 0.400. The predicted octanol–water partition coefficient (Wildman–Crippen LogP) is 5.84. The average Bonchev–Trinajstić information content (AvgIpc) is 2.71. The van der Waals surface area contributed by atoms with Crippen LogP contribution >= 0.6 is 35.0 Å². The number of para-hydroxylation sites is 1. The summed E-state index contributed by atoms with van der Waals surface area (Å²) < 4.78 is 7.27. The van der Waals surface area contributed by atoms with E-state index in [1.807, 2.05) is 31.2 Å². The van der Waals surface area contributed by atoms with Gasteiger partial charge in [-0.2, -0.15) is 0 Å². The lowest BCUT2D eigenvalue weighted by atomic mass is 9.85. The quantitative estimate of drug-likeness (QED) is 0.224. The Labute approximate surface area is 210 Å². The standard InChI is InChI=1S/C25H32IN3O2.ClH/c1-5-31-24-17(13-18(26)14-20(24)25(2,3)4)16-27-11-8-12-28-23-15-22(30)19-9-6-7-10-21(19)29-23;/h6-7,9-10,13-15,27H,5,8,11-12,16H2,1-4H3,(H2,28,29,30);1H. The Kier molecular flexibility index (Phi) is 9.85. The number of nitrogens with one attached hydrogen (secondary N) is 3. The molecule has 0 aliphatic heterocycles. The minimum atomic E-state index is 0. The number of fused-ring (bicyclic) bond motifs is 1. The van der Waals surface area contributed by atoms with E-state index in [0.29, 0.717) is 12.0 Å². The van der Waals surface area contributed by atoms with Crippen molar-refractivity contribution in [3.8, 4) is 5.75 Å². The molecular weight excluding hydrogens is 537 g/mol. The van der Waals surface area contributed by atoms with Gasteiger partial charge in [-0.05, 0) is 72.2 Å². The number of anilines is 1. The predicted molar refractivity (Wildman–Crippen MR) is 146 cm³/mol. The highest BCUT2D eigenvalue weighted by molar-refractivity contribution is 14.1. The minimum Gasteiger partial charge on any atom is -0.493 e. The number of H-pyrrole nitrogens is 1. The van der Waals surface area contributed by atoms with Crippen molar-refractivity contribution >= 4 is 51.7 Å². The van der Waals surface area contributed by atoms with Crippen molar-refractivity contribution in [2.75, 3.05) is 25.0 Å². The van der Waals surface area contributed by atoms with Gasteiger partial charge in [-0.1, -0.05) is 32.9 Å². The zero-order chi connectivity index (χ0) is 22.4. The second kappa shape index (κ2) is 11.9. The number of aromatic amines is 1. The Morgan fingerprint density at radius 1 is 1.09 bits per heavy atom. The van der Waals surface area contributed by atoms with Gasteiger partial charge in [0.1, 0.15) is 11.6 Å². The van der Waals surface area contributed by atoms with Crippen LogP contribution in [0.5, 0.6) is 5.75 Å². The first-order valence-electron chi connectivity index (χ1n) is 10.8. The van der Waals surface area contributed by atoms with Crippen LogP contribution in [-0.2, 0) is 12.0 Å². The molecule has 0 atom stereocenters. The van der Waals surface area contributed by atoms with E-state index in [2.05, 4.69) is 71.1 Å². The highest BCUT2D eigenvalue weighted by atomic mass is 127. The molecule has 0 fully saturated rings. The van der Waals surface area contributed by atoms with Gasteiger partial charge in [0.05, 0.1) is 12.1 Å². The zero-order valence-electron chi connectivity index (χ0n) is 19.2. The van der Waals surface area contributed by atoms with E-state index in [4.69, 9.17) is 4.74 Å². The molecule has 0 bridgehead atoms. The van der Waals surface area contributed by atoms with Crippen LogP contribution in [0.1, 0.15) is 45.2 Å². The summed E-state index contributed by atoms with van der Waals surface area (Å²) in [4.78, 5) is 15.5. The van der Waals surface area contributed by atoms with Gasteiger partial charge in [0.25, 0.3) is 0 Å². The molecule has 0 amide bonds. The molecule has 0 saturated carbocycles. The molecule has 0 unspecified atom stereocenters. The summed E-state index contributed by atoms with van der Waals surface area (Å²) in [5.41, 5.74) is 3.37. The summed E-state index contributed by atoms with van der Waals surface area (Å²) in [5, 5.41) is 7.58. The van der Waals surface area contributed by atoms with Gasteiger partial charge in [0, 0.05) is 39.2 Å². The van der Waals surface area contributed by atoms with Gasteiger partial charge in [0.15, 0.2) is 5.43 Å². The number of ether oxygens (including phenoxy) is 1. The Hall–Kier alpha value is -1.77. The summed E-state index contributed by atoms with van der Waals surface area (Å²) in [6, 6.07) is 13.6. The number of benzene rings is 2. The first kappa shape index (κ1) is 26.5. The van der Waals surface area contributed by atoms with Crippen molar-refractivity contribution in [2.24, 2.45) is 0 Å². The third kappa shape index (κ3) is 6.86. The van der Waals surface area contributed by atoms with Gasteiger partial charge < -0.3 is 20.4 Å². The number of hydrogen-bond donors (Lipinski definition) is 3. The Morgan fingerprint density at radius 2 is 1.84 bits per heavy atom. The van der Waals surface area contributed by atoms with Crippen molar-refractivity contribution in [3.05, 3.63) is 67.4 Å². The lowest BCUT2D eigenvalue weighted by Gasteiger charge is -2.25. The van der Waals surface area contributed by atoms with Crippen LogP contribution in [0, 0.1) is 3.57 Å². The smallest absolute Gasteiger partial charge is 0.191 e. The van der Waals surface area contributed by atoms with Gasteiger partial charge >= 0.3 is 0 Å². The van der Waals surface area contributed by atoms with Crippen molar-refractivity contribution < 1.29 is 4.74 Å². The lowest BCUT2D eigenvalue weighted by molar-refractivity contribution is 0.325. The molecule has 3 rings (SSSR count). The van der Waals surface area contributed by atoms with E-state index in [1.54, 1.807) is 6.07 Å². The lowest BCUT2D eigenvalue weighted by Crippen LogP contribution is -2.21. The molecule has 7 heteroatoms. The van der Waals surface area contributed by atoms with E-state index in [9.17, 15) is 4.79 Å². The van der Waals surface area contributed by atoms with Crippen LogP contribution in [0.2, 0.25) is 0 Å². The first-order chi connectivity index (χ1) is 14.8. The van der Waals surface area contributed by atoms with Crippen LogP contribution in [-0.4, -0.2) is 24.7 Å². The number of halogens is 2. The average molecular weight is 570 g/mol. The molecule has 0 aliphatic carbocycles. The Morgan fingerprint density at radius 3 is 2.56 bits per heavy atom. The van der Waals surface area contributed by atoms with E-state index in [1.165, 1.54) is 14.7 Å². The molecule has 2 aromatic carbocycles. The molecular formula is C25H33ClIN3O2. The number of rotatable bonds is 9. The highest BCUT2D eigenvalue weighted by Gasteiger charge is 2.22. The summed E-state index contributed by atoms with van der Waals surface area (Å²) in [7, 11) is 0. The number of pyridine rings is 1. The summed E-state index contributed by atoms with van der Waals surface area (Å²) >= 11 is 2.38. The van der Waals surface area contributed by atoms with Crippen LogP contribution in [0.15, 0.2) is 47.3 Å². The van der Waals surface area contributed by atoms with Crippen molar-refractivity contribution in [1.29, 1.82) is 0 Å². The summed E-state index contributed by atoms with van der Waals surface area (Å²) in [6.45, 7) is 11.8. The molecule has 1 aromatic heterocycles. The Bertz CT molecular complexity index is 1090. The summed E-state index contributed by atoms with van der Waals surface area (Å²) in [6.07, 6.45) is 0.939. The topological polar surface area (TPSA) is 66.2 Å². The van der Waals surface area contributed by atoms with Crippen LogP contribution in [0.4, 0.5) is 5.82 Å². The van der Waals surface area contributed by atoms with Crippen LogP contribution in [0.25, 0.3) is 10.9 Å². The maximum atomic E-state index is 12.2. The van der Waals surface area contributed by atoms with E-state index < -0.39 is 0 Å². The Balaban J connectivity index is 0.00000363. The number of hydrogen-bond acceptors (Lipinski definition) is 4. The fourth-order valence-electron chi connectivity index (χ4n) is 3.60. The molecule has 0 aliphatic rings. The van der Waals surface area contributed by atoms with Gasteiger partial charge in [-0.15, -0.1) is 12.4 Å². The summed E-state index contributed by atoms with van der Waals surface area (Å²) in [5.74, 6) is 1.77. The molecule has 1 heterocycles. The molecule has 3 N–H and O–H groups in total. The van der Waals surface area contributed by atoms with Gasteiger partial charge in [-0.25, -0.2) is 0 Å². The fourth-order valence-corrected chi connectivity index (χ4v) is 4.29. The molecule has 0 radical (unpaired) electrons. The second-order valence-corrected chi connectivity index (χ2v) is 9.92. The van der Waals surface area contributed by atoms with Crippen molar-refractivity contribution in [1.82, 2.24) is 10.3 Å². The molecule has 0 saturated heterocycles.